The third kappa shape index (κ3) is 5.03. The molecule has 0 bridgehead atoms. The van der Waals surface area contributed by atoms with Crippen LogP contribution in [0, 0.1) is 17.5 Å². The first-order valence-electron chi connectivity index (χ1n) is 12.2. The maximum atomic E-state index is 15.5. The molecule has 2 aromatic carbocycles. The number of H-pyrrole nitrogens is 1. The molecule has 1 saturated heterocycles. The summed E-state index contributed by atoms with van der Waals surface area (Å²) in [6.07, 6.45) is -4.11. The van der Waals surface area contributed by atoms with Crippen LogP contribution in [0.2, 0.25) is 0 Å². The molecule has 0 saturated carbocycles. The molecule has 2 aliphatic heterocycles. The molecule has 0 unspecified atom stereocenters. The highest BCUT2D eigenvalue weighted by atomic mass is 19.4. The van der Waals surface area contributed by atoms with Crippen molar-refractivity contribution in [2.24, 2.45) is 0 Å². The minimum absolute atomic E-state index is 0.0797. The summed E-state index contributed by atoms with van der Waals surface area (Å²) in [4.78, 5) is 5.97. The van der Waals surface area contributed by atoms with Gasteiger partial charge in [-0.05, 0) is 49.6 Å². The summed E-state index contributed by atoms with van der Waals surface area (Å²) in [6.45, 7) is 1.52. The number of hydrogen-bond acceptors (Lipinski definition) is 3. The first-order chi connectivity index (χ1) is 17.6. The van der Waals surface area contributed by atoms with Gasteiger partial charge in [0.25, 0.3) is 0 Å². The van der Waals surface area contributed by atoms with Crippen LogP contribution in [0.15, 0.2) is 30.3 Å². The van der Waals surface area contributed by atoms with E-state index in [9.17, 15) is 22.0 Å². The molecule has 0 amide bonds. The van der Waals surface area contributed by atoms with Crippen molar-refractivity contribution in [2.45, 2.75) is 44.1 Å². The van der Waals surface area contributed by atoms with Gasteiger partial charge in [-0.2, -0.15) is 13.2 Å². The van der Waals surface area contributed by atoms with E-state index < -0.39 is 54.5 Å². The predicted octanol–water partition coefficient (Wildman–Crippen LogP) is 5.94. The third-order valence-electron chi connectivity index (χ3n) is 7.23. The predicted molar refractivity (Wildman–Crippen MR) is 127 cm³/mol. The molecule has 4 nitrogen and oxygen atoms in total. The van der Waals surface area contributed by atoms with Crippen LogP contribution in [0.25, 0.3) is 10.9 Å². The number of nitrogens with zero attached hydrogens (tertiary/aromatic N) is 2. The van der Waals surface area contributed by atoms with Crippen LogP contribution < -0.4 is 5.32 Å². The molecule has 2 aliphatic rings. The topological polar surface area (TPSA) is 34.3 Å². The van der Waals surface area contributed by atoms with Gasteiger partial charge in [-0.25, -0.2) is 13.2 Å². The Labute approximate surface area is 209 Å². The maximum Gasteiger partial charge on any atom is 0.401 e. The maximum absolute atomic E-state index is 15.5. The Morgan fingerprint density at radius 3 is 2.41 bits per heavy atom. The standard InChI is InChI=1S/C26H27F7N4/c1-14-8-17-22-18(28)4-2-5-21(22)35-24(17)25(37(14)13-26(31,32)33)23-19(29)9-15(10-20(23)30)34-16-11-36(12-16)7-3-6-27/h2,4-5,9-10,14,16,25,34-35H,3,6-8,11-13H2,1H3/t14-,25-/m0/s1. The van der Waals surface area contributed by atoms with Gasteiger partial charge in [-0.15, -0.1) is 0 Å². The summed E-state index contributed by atoms with van der Waals surface area (Å²) >= 11 is 0. The molecule has 1 aromatic heterocycles. The number of aromatic nitrogens is 1. The number of hydrogen-bond donors (Lipinski definition) is 2. The number of likely N-dealkylation sites (tertiary alicyclic amines) is 1. The second-order valence-electron chi connectivity index (χ2n) is 9.92. The van der Waals surface area contributed by atoms with Crippen molar-refractivity contribution < 1.29 is 30.7 Å². The van der Waals surface area contributed by atoms with Crippen LogP contribution in [0.4, 0.5) is 36.4 Å². The number of nitrogens with one attached hydrogen (secondary N) is 2. The monoisotopic (exact) mass is 528 g/mol. The lowest BCUT2D eigenvalue weighted by Gasteiger charge is -2.41. The van der Waals surface area contributed by atoms with Gasteiger partial charge >= 0.3 is 6.18 Å². The molecular weight excluding hydrogens is 501 g/mol. The average Bonchev–Trinajstić information content (AvgIpc) is 3.15. The van der Waals surface area contributed by atoms with Crippen molar-refractivity contribution in [1.29, 1.82) is 0 Å². The molecular formula is C26H27F7N4. The highest BCUT2D eigenvalue weighted by molar-refractivity contribution is 5.86. The van der Waals surface area contributed by atoms with Crippen LogP contribution >= 0.6 is 0 Å². The Balaban J connectivity index is 1.52. The Morgan fingerprint density at radius 2 is 1.76 bits per heavy atom. The fraction of sp³-hybridized carbons (Fsp3) is 0.462. The van der Waals surface area contributed by atoms with Crippen molar-refractivity contribution in [3.8, 4) is 0 Å². The second-order valence-corrected chi connectivity index (χ2v) is 9.92. The van der Waals surface area contributed by atoms with E-state index in [2.05, 4.69) is 10.3 Å². The lowest BCUT2D eigenvalue weighted by atomic mass is 9.88. The molecule has 2 N–H and O–H groups in total. The van der Waals surface area contributed by atoms with Gasteiger partial charge in [0.1, 0.15) is 17.5 Å². The van der Waals surface area contributed by atoms with Gasteiger partial charge < -0.3 is 10.3 Å². The van der Waals surface area contributed by atoms with Gasteiger partial charge in [-0.1, -0.05) is 6.07 Å². The van der Waals surface area contributed by atoms with E-state index >= 15 is 8.78 Å². The number of halogens is 7. The number of rotatable bonds is 7. The average molecular weight is 529 g/mol. The van der Waals surface area contributed by atoms with Gasteiger partial charge in [0.2, 0.25) is 0 Å². The van der Waals surface area contributed by atoms with E-state index in [-0.39, 0.29) is 29.2 Å². The minimum Gasteiger partial charge on any atom is -0.380 e. The zero-order valence-corrected chi connectivity index (χ0v) is 20.1. The number of aromatic amines is 1. The number of alkyl halides is 4. The van der Waals surface area contributed by atoms with Crippen LogP contribution in [0.3, 0.4) is 0 Å². The quantitative estimate of drug-likeness (QED) is 0.373. The molecule has 1 fully saturated rings. The van der Waals surface area contributed by atoms with Gasteiger partial charge in [0.15, 0.2) is 0 Å². The fourth-order valence-electron chi connectivity index (χ4n) is 5.62. The number of benzene rings is 2. The van der Waals surface area contributed by atoms with Gasteiger partial charge in [-0.3, -0.25) is 14.2 Å². The van der Waals surface area contributed by atoms with Crippen LogP contribution in [0.1, 0.15) is 36.2 Å². The fourth-order valence-corrected chi connectivity index (χ4v) is 5.62. The van der Waals surface area contributed by atoms with Crippen molar-refractivity contribution >= 4 is 16.6 Å². The number of anilines is 1. The van der Waals surface area contributed by atoms with Gasteiger partial charge in [0, 0.05) is 53.5 Å². The smallest absolute Gasteiger partial charge is 0.380 e. The summed E-state index contributed by atoms with van der Waals surface area (Å²) in [5.74, 6) is -2.54. The molecule has 0 aliphatic carbocycles. The van der Waals surface area contributed by atoms with E-state index in [1.807, 2.05) is 4.90 Å². The Hall–Kier alpha value is -2.79. The third-order valence-corrected chi connectivity index (χ3v) is 7.23. The molecule has 11 heteroatoms. The molecule has 3 heterocycles. The molecule has 2 atom stereocenters. The minimum atomic E-state index is -4.62. The molecule has 5 rings (SSSR count). The molecule has 0 radical (unpaired) electrons. The lowest BCUT2D eigenvalue weighted by Crippen LogP contribution is -2.54. The van der Waals surface area contributed by atoms with Crippen molar-refractivity contribution in [1.82, 2.24) is 14.8 Å². The first-order valence-corrected chi connectivity index (χ1v) is 12.2. The van der Waals surface area contributed by atoms with Gasteiger partial charge in [0.05, 0.1) is 25.3 Å². The second kappa shape index (κ2) is 9.83. The summed E-state index contributed by atoms with van der Waals surface area (Å²) in [5, 5.41) is 3.26. The lowest BCUT2D eigenvalue weighted by molar-refractivity contribution is -0.155. The molecule has 200 valence electrons. The summed E-state index contributed by atoms with van der Waals surface area (Å²) < 4.78 is 98.9. The van der Waals surface area contributed by atoms with E-state index in [0.29, 0.717) is 37.1 Å². The SMILES string of the molecule is C[C@H]1Cc2c([nH]c3cccc(F)c23)[C@H](c2c(F)cc(NC3CN(CCCF)C3)cc2F)N1CC(F)(F)F. The number of fused-ring (bicyclic) bond motifs is 3. The summed E-state index contributed by atoms with van der Waals surface area (Å²) in [7, 11) is 0. The summed E-state index contributed by atoms with van der Waals surface area (Å²) in [6, 6.07) is 4.19. The molecule has 0 spiro atoms. The van der Waals surface area contributed by atoms with Crippen molar-refractivity contribution in [3.05, 3.63) is 64.6 Å². The largest absolute Gasteiger partial charge is 0.401 e. The molecule has 3 aromatic rings. The van der Waals surface area contributed by atoms with E-state index in [0.717, 1.165) is 17.0 Å². The Bertz CT molecular complexity index is 1260. The van der Waals surface area contributed by atoms with Crippen LogP contribution in [0.5, 0.6) is 0 Å². The Morgan fingerprint density at radius 1 is 1.05 bits per heavy atom. The normalized spacial score (nSPS) is 21.3. The van der Waals surface area contributed by atoms with Crippen LogP contribution in [-0.2, 0) is 6.42 Å². The highest BCUT2D eigenvalue weighted by Gasteiger charge is 2.44. The van der Waals surface area contributed by atoms with E-state index in [4.69, 9.17) is 0 Å². The van der Waals surface area contributed by atoms with Crippen molar-refractivity contribution in [2.75, 3.05) is 38.2 Å². The Kier molecular flexibility index (Phi) is 6.86. The summed E-state index contributed by atoms with van der Waals surface area (Å²) in [5.41, 5.74) is 0.588. The van der Waals surface area contributed by atoms with Crippen LogP contribution in [-0.4, -0.2) is 65.9 Å². The van der Waals surface area contributed by atoms with Crippen molar-refractivity contribution in [3.63, 3.8) is 0 Å². The first kappa shape index (κ1) is 25.8. The zero-order valence-electron chi connectivity index (χ0n) is 20.1. The highest BCUT2D eigenvalue weighted by Crippen LogP contribution is 2.44. The molecule has 37 heavy (non-hydrogen) atoms. The zero-order chi connectivity index (χ0) is 26.5. The van der Waals surface area contributed by atoms with E-state index in [1.54, 1.807) is 13.0 Å². The van der Waals surface area contributed by atoms with E-state index in [1.165, 1.54) is 12.1 Å².